The van der Waals surface area contributed by atoms with Crippen LogP contribution in [0.1, 0.15) is 38.4 Å². The van der Waals surface area contributed by atoms with Crippen molar-refractivity contribution in [1.29, 1.82) is 0 Å². The summed E-state index contributed by atoms with van der Waals surface area (Å²) < 4.78 is 1.91. The van der Waals surface area contributed by atoms with Gasteiger partial charge in [0.2, 0.25) is 0 Å². The van der Waals surface area contributed by atoms with E-state index in [4.69, 9.17) is 11.6 Å². The fourth-order valence-electron chi connectivity index (χ4n) is 1.71. The van der Waals surface area contributed by atoms with Crippen LogP contribution in [0.2, 0.25) is 5.15 Å². The van der Waals surface area contributed by atoms with E-state index in [1.54, 1.807) is 6.20 Å². The van der Waals surface area contributed by atoms with Crippen molar-refractivity contribution in [2.45, 2.75) is 32.6 Å². The third-order valence-corrected chi connectivity index (χ3v) is 2.74. The average Bonchev–Trinajstić information content (AvgIpc) is 2.63. The van der Waals surface area contributed by atoms with Crippen LogP contribution in [-0.4, -0.2) is 19.6 Å². The van der Waals surface area contributed by atoms with E-state index in [0.29, 0.717) is 16.7 Å². The molecule has 1 atom stereocenters. The van der Waals surface area contributed by atoms with E-state index in [1.807, 2.05) is 10.6 Å². The van der Waals surface area contributed by atoms with Crippen LogP contribution in [0.4, 0.5) is 0 Å². The molecule has 2 aromatic rings. The second-order valence-electron chi connectivity index (χ2n) is 3.66. The van der Waals surface area contributed by atoms with E-state index in [9.17, 15) is 0 Å². The summed E-state index contributed by atoms with van der Waals surface area (Å²) in [5.74, 6) is 1.35. The third kappa shape index (κ3) is 1.81. The van der Waals surface area contributed by atoms with Crippen molar-refractivity contribution < 1.29 is 0 Å². The first-order valence-corrected chi connectivity index (χ1v) is 5.47. The maximum atomic E-state index is 5.92. The van der Waals surface area contributed by atoms with E-state index in [0.717, 1.165) is 18.7 Å². The maximum Gasteiger partial charge on any atom is 0.198 e. The predicted octanol–water partition coefficient (Wildman–Crippen LogP) is 2.68. The molecule has 5 heteroatoms. The lowest BCUT2D eigenvalue weighted by Crippen LogP contribution is -2.00. The molecule has 0 aliphatic carbocycles. The maximum absolute atomic E-state index is 5.92. The molecule has 0 saturated heterocycles. The standard InChI is InChI=1S/C10H13ClN4/c1-3-4-7(2)9-13-14-10-8(11)12-5-6-15(9)10/h5-7H,3-4H2,1-2H3. The molecule has 0 aliphatic rings. The summed E-state index contributed by atoms with van der Waals surface area (Å²) >= 11 is 5.92. The summed E-state index contributed by atoms with van der Waals surface area (Å²) in [5.41, 5.74) is 0.636. The van der Waals surface area contributed by atoms with Crippen molar-refractivity contribution in [2.75, 3.05) is 0 Å². The van der Waals surface area contributed by atoms with Gasteiger partial charge in [-0.05, 0) is 6.42 Å². The molecule has 80 valence electrons. The van der Waals surface area contributed by atoms with Crippen molar-refractivity contribution >= 4 is 17.2 Å². The van der Waals surface area contributed by atoms with E-state index in [-0.39, 0.29) is 0 Å². The minimum absolute atomic E-state index is 0.392. The van der Waals surface area contributed by atoms with Gasteiger partial charge < -0.3 is 0 Å². The Morgan fingerprint density at radius 1 is 1.47 bits per heavy atom. The highest BCUT2D eigenvalue weighted by Crippen LogP contribution is 2.21. The first-order chi connectivity index (χ1) is 7.24. The highest BCUT2D eigenvalue weighted by Gasteiger charge is 2.14. The van der Waals surface area contributed by atoms with E-state index >= 15 is 0 Å². The molecule has 0 fully saturated rings. The molecule has 1 unspecified atom stereocenters. The summed E-state index contributed by atoms with van der Waals surface area (Å²) in [6.45, 7) is 4.31. The SMILES string of the molecule is CCCC(C)c1nnc2c(Cl)nccn12. The zero-order valence-corrected chi connectivity index (χ0v) is 9.57. The Morgan fingerprint density at radius 3 is 3.00 bits per heavy atom. The van der Waals surface area contributed by atoms with Gasteiger partial charge in [-0.1, -0.05) is 31.9 Å². The summed E-state index contributed by atoms with van der Waals surface area (Å²) in [6.07, 6.45) is 5.75. The molecule has 0 N–H and O–H groups in total. The Kier molecular flexibility index (Phi) is 2.86. The molecule has 4 nitrogen and oxygen atoms in total. The van der Waals surface area contributed by atoms with Crippen molar-refractivity contribution in [3.8, 4) is 0 Å². The number of aromatic nitrogens is 4. The number of hydrogen-bond donors (Lipinski definition) is 0. The first kappa shape index (κ1) is 10.4. The lowest BCUT2D eigenvalue weighted by molar-refractivity contribution is 0.620. The highest BCUT2D eigenvalue weighted by molar-refractivity contribution is 6.32. The Morgan fingerprint density at radius 2 is 2.27 bits per heavy atom. The fraction of sp³-hybridized carbons (Fsp3) is 0.500. The van der Waals surface area contributed by atoms with Gasteiger partial charge in [-0.25, -0.2) is 4.98 Å². The van der Waals surface area contributed by atoms with Gasteiger partial charge in [-0.15, -0.1) is 10.2 Å². The Hall–Kier alpha value is -1.16. The van der Waals surface area contributed by atoms with Gasteiger partial charge in [0.15, 0.2) is 10.8 Å². The Balaban J connectivity index is 2.49. The monoisotopic (exact) mass is 224 g/mol. The van der Waals surface area contributed by atoms with Gasteiger partial charge in [-0.3, -0.25) is 4.40 Å². The zero-order valence-electron chi connectivity index (χ0n) is 8.81. The Labute approximate surface area is 93.3 Å². The van der Waals surface area contributed by atoms with Crippen LogP contribution in [0.3, 0.4) is 0 Å². The van der Waals surface area contributed by atoms with Gasteiger partial charge >= 0.3 is 0 Å². The average molecular weight is 225 g/mol. The quantitative estimate of drug-likeness (QED) is 0.805. The second-order valence-corrected chi connectivity index (χ2v) is 4.02. The van der Waals surface area contributed by atoms with Crippen LogP contribution in [0, 0.1) is 0 Å². The minimum Gasteiger partial charge on any atom is -0.282 e. The molecule has 2 rings (SSSR count). The summed E-state index contributed by atoms with van der Waals surface area (Å²) in [6, 6.07) is 0. The van der Waals surface area contributed by atoms with Crippen molar-refractivity contribution in [3.63, 3.8) is 0 Å². The molecule has 15 heavy (non-hydrogen) atoms. The molecule has 0 amide bonds. The van der Waals surface area contributed by atoms with Gasteiger partial charge in [0.05, 0.1) is 0 Å². The van der Waals surface area contributed by atoms with Crippen LogP contribution in [-0.2, 0) is 0 Å². The largest absolute Gasteiger partial charge is 0.282 e. The van der Waals surface area contributed by atoms with Crippen molar-refractivity contribution in [1.82, 2.24) is 19.6 Å². The lowest BCUT2D eigenvalue weighted by Gasteiger charge is -2.07. The van der Waals surface area contributed by atoms with Gasteiger partial charge in [0.25, 0.3) is 0 Å². The topological polar surface area (TPSA) is 43.1 Å². The van der Waals surface area contributed by atoms with Crippen LogP contribution >= 0.6 is 11.6 Å². The van der Waals surface area contributed by atoms with Crippen LogP contribution in [0.5, 0.6) is 0 Å². The number of nitrogens with zero attached hydrogens (tertiary/aromatic N) is 4. The predicted molar refractivity (Wildman–Crippen MR) is 59.1 cm³/mol. The highest BCUT2D eigenvalue weighted by atomic mass is 35.5. The molecule has 0 radical (unpaired) electrons. The van der Waals surface area contributed by atoms with E-state index < -0.39 is 0 Å². The molecule has 0 aromatic carbocycles. The lowest BCUT2D eigenvalue weighted by atomic mass is 10.1. The molecule has 2 heterocycles. The molecule has 0 bridgehead atoms. The Bertz CT molecular complexity index is 465. The first-order valence-electron chi connectivity index (χ1n) is 5.09. The molecule has 0 saturated carbocycles. The molecular weight excluding hydrogens is 212 g/mol. The molecule has 0 spiro atoms. The summed E-state index contributed by atoms with van der Waals surface area (Å²) in [4.78, 5) is 3.97. The number of fused-ring (bicyclic) bond motifs is 1. The minimum atomic E-state index is 0.392. The fourth-order valence-corrected chi connectivity index (χ4v) is 1.90. The summed E-state index contributed by atoms with van der Waals surface area (Å²) in [5, 5.41) is 8.61. The van der Waals surface area contributed by atoms with E-state index in [1.165, 1.54) is 0 Å². The number of halogens is 1. The van der Waals surface area contributed by atoms with Crippen LogP contribution in [0.25, 0.3) is 5.65 Å². The normalized spacial score (nSPS) is 13.3. The second kappa shape index (κ2) is 4.14. The molecular formula is C10H13ClN4. The third-order valence-electron chi connectivity index (χ3n) is 2.47. The van der Waals surface area contributed by atoms with Crippen LogP contribution in [0.15, 0.2) is 12.4 Å². The van der Waals surface area contributed by atoms with Gasteiger partial charge in [0, 0.05) is 18.3 Å². The van der Waals surface area contributed by atoms with Crippen LogP contribution < -0.4 is 0 Å². The summed E-state index contributed by atoms with van der Waals surface area (Å²) in [7, 11) is 0. The number of rotatable bonds is 3. The van der Waals surface area contributed by atoms with E-state index in [2.05, 4.69) is 29.0 Å². The number of hydrogen-bond acceptors (Lipinski definition) is 3. The smallest absolute Gasteiger partial charge is 0.198 e. The van der Waals surface area contributed by atoms with Crippen molar-refractivity contribution in [2.24, 2.45) is 0 Å². The molecule has 2 aromatic heterocycles. The molecule has 0 aliphatic heterocycles. The van der Waals surface area contributed by atoms with Gasteiger partial charge in [0.1, 0.15) is 5.82 Å². The van der Waals surface area contributed by atoms with Crippen molar-refractivity contribution in [3.05, 3.63) is 23.4 Å². The van der Waals surface area contributed by atoms with Gasteiger partial charge in [-0.2, -0.15) is 0 Å². The zero-order chi connectivity index (χ0) is 10.8.